The summed E-state index contributed by atoms with van der Waals surface area (Å²) in [5, 5.41) is 12.8. The highest BCUT2D eigenvalue weighted by Gasteiger charge is 2.12. The molecular weight excluding hydrogens is 260 g/mol. The number of hydrogen-bond acceptors (Lipinski definition) is 5. The van der Waals surface area contributed by atoms with Crippen LogP contribution in [0.2, 0.25) is 0 Å². The Morgan fingerprint density at radius 2 is 2.20 bits per heavy atom. The monoisotopic (exact) mass is 272 g/mol. The van der Waals surface area contributed by atoms with Crippen LogP contribution < -0.4 is 0 Å². The van der Waals surface area contributed by atoms with E-state index in [1.54, 1.807) is 22.7 Å². The van der Waals surface area contributed by atoms with Crippen LogP contribution in [0.5, 0.6) is 0 Å². The van der Waals surface area contributed by atoms with E-state index in [0.29, 0.717) is 17.4 Å². The number of aromatic carboxylic acids is 1. The quantitative estimate of drug-likeness (QED) is 0.781. The first-order valence-electron chi connectivity index (χ1n) is 6.22. The van der Waals surface area contributed by atoms with Crippen LogP contribution in [0.3, 0.4) is 0 Å². The Morgan fingerprint density at radius 1 is 1.35 bits per heavy atom. The lowest BCUT2D eigenvalue weighted by molar-refractivity contribution is 0.0691. The van der Waals surface area contributed by atoms with Crippen molar-refractivity contribution in [3.8, 4) is 11.4 Å². The van der Waals surface area contributed by atoms with E-state index >= 15 is 0 Å². The topological polar surface area (TPSA) is 93.5 Å². The summed E-state index contributed by atoms with van der Waals surface area (Å²) in [7, 11) is 0. The van der Waals surface area contributed by atoms with Crippen LogP contribution in [0, 0.1) is 0 Å². The number of carboxylic acids is 1. The molecule has 7 nitrogen and oxygen atoms in total. The van der Waals surface area contributed by atoms with Gasteiger partial charge in [-0.15, -0.1) is 0 Å². The Hall–Kier alpha value is -2.70. The van der Waals surface area contributed by atoms with Crippen LogP contribution in [-0.4, -0.2) is 30.6 Å². The van der Waals surface area contributed by atoms with Crippen molar-refractivity contribution >= 4 is 11.6 Å². The van der Waals surface area contributed by atoms with Crippen molar-refractivity contribution < 1.29 is 14.4 Å². The molecule has 0 aromatic carbocycles. The van der Waals surface area contributed by atoms with E-state index in [1.165, 1.54) is 6.20 Å². The van der Waals surface area contributed by atoms with Crippen LogP contribution in [0.1, 0.15) is 29.7 Å². The van der Waals surface area contributed by atoms with Gasteiger partial charge >= 0.3 is 5.97 Å². The van der Waals surface area contributed by atoms with Crippen molar-refractivity contribution in [3.63, 3.8) is 0 Å². The molecule has 3 aromatic heterocycles. The number of fused-ring (bicyclic) bond motifs is 1. The molecule has 0 bridgehead atoms. The Balaban J connectivity index is 2.00. The summed E-state index contributed by atoms with van der Waals surface area (Å²) in [6.07, 6.45) is 4.86. The van der Waals surface area contributed by atoms with Crippen molar-refractivity contribution in [3.05, 3.63) is 36.1 Å². The lowest BCUT2D eigenvalue weighted by Crippen LogP contribution is -1.94. The lowest BCUT2D eigenvalue weighted by Gasteiger charge is -1.96. The summed E-state index contributed by atoms with van der Waals surface area (Å²) in [6, 6.07) is 3.51. The zero-order valence-electron chi connectivity index (χ0n) is 10.8. The second kappa shape index (κ2) is 4.76. The second-order valence-electron chi connectivity index (χ2n) is 4.38. The third kappa shape index (κ3) is 2.13. The molecule has 0 radical (unpaired) electrons. The normalized spacial score (nSPS) is 11.1. The molecule has 3 rings (SSSR count). The zero-order chi connectivity index (χ0) is 14.1. The fourth-order valence-electron chi connectivity index (χ4n) is 1.91. The predicted molar refractivity (Wildman–Crippen MR) is 69.4 cm³/mol. The molecule has 0 atom stereocenters. The van der Waals surface area contributed by atoms with Gasteiger partial charge in [-0.05, 0) is 18.6 Å². The van der Waals surface area contributed by atoms with Crippen molar-refractivity contribution in [1.29, 1.82) is 0 Å². The first-order valence-corrected chi connectivity index (χ1v) is 6.22. The highest BCUT2D eigenvalue weighted by molar-refractivity contribution is 5.86. The number of hydrogen-bond donors (Lipinski definition) is 1. The Labute approximate surface area is 113 Å². The number of imidazole rings is 1. The predicted octanol–water partition coefficient (Wildman–Crippen LogP) is 2.04. The van der Waals surface area contributed by atoms with Crippen LogP contribution in [0.15, 0.2) is 29.0 Å². The highest BCUT2D eigenvalue weighted by Crippen LogP contribution is 2.18. The van der Waals surface area contributed by atoms with Gasteiger partial charge in [0, 0.05) is 24.4 Å². The van der Waals surface area contributed by atoms with Crippen LogP contribution >= 0.6 is 0 Å². The first-order chi connectivity index (χ1) is 9.67. The maximum Gasteiger partial charge on any atom is 0.356 e. The summed E-state index contributed by atoms with van der Waals surface area (Å²) in [5.74, 6) is 0.0282. The third-order valence-electron chi connectivity index (χ3n) is 2.86. The van der Waals surface area contributed by atoms with E-state index in [4.69, 9.17) is 9.63 Å². The van der Waals surface area contributed by atoms with Gasteiger partial charge in [0.1, 0.15) is 5.65 Å². The van der Waals surface area contributed by atoms with Crippen LogP contribution in [0.25, 0.3) is 17.0 Å². The van der Waals surface area contributed by atoms with Crippen molar-refractivity contribution in [2.24, 2.45) is 0 Å². The largest absolute Gasteiger partial charge is 0.476 e. The number of pyridine rings is 1. The minimum Gasteiger partial charge on any atom is -0.476 e. The fraction of sp³-hybridized carbons (Fsp3) is 0.231. The Bertz CT molecular complexity index is 775. The highest BCUT2D eigenvalue weighted by atomic mass is 16.5. The van der Waals surface area contributed by atoms with E-state index in [9.17, 15) is 4.79 Å². The molecular formula is C13H12N4O3. The Kier molecular flexibility index (Phi) is 2.94. The molecule has 0 amide bonds. The maximum atomic E-state index is 10.9. The van der Waals surface area contributed by atoms with Gasteiger partial charge in [-0.1, -0.05) is 12.1 Å². The molecule has 0 aliphatic rings. The smallest absolute Gasteiger partial charge is 0.356 e. The molecule has 0 aliphatic heterocycles. The lowest BCUT2D eigenvalue weighted by atomic mass is 10.2. The molecule has 3 aromatic rings. The number of rotatable bonds is 4. The molecule has 7 heteroatoms. The molecule has 0 unspecified atom stereocenters. The average Bonchev–Trinajstić information content (AvgIpc) is 3.04. The maximum absolute atomic E-state index is 10.9. The van der Waals surface area contributed by atoms with Crippen molar-refractivity contribution in [1.82, 2.24) is 19.5 Å². The summed E-state index contributed by atoms with van der Waals surface area (Å²) >= 11 is 0. The number of carboxylic acid groups (broad SMARTS) is 1. The fourth-order valence-corrected chi connectivity index (χ4v) is 1.91. The van der Waals surface area contributed by atoms with Gasteiger partial charge in [-0.2, -0.15) is 4.98 Å². The van der Waals surface area contributed by atoms with E-state index in [0.717, 1.165) is 18.4 Å². The molecule has 102 valence electrons. The summed E-state index contributed by atoms with van der Waals surface area (Å²) < 4.78 is 6.77. The van der Waals surface area contributed by atoms with Crippen molar-refractivity contribution in [2.75, 3.05) is 0 Å². The molecule has 20 heavy (non-hydrogen) atoms. The number of aryl methyl sites for hydroxylation is 1. The minimum absolute atomic E-state index is 0.00179. The standard InChI is InChI=1S/C13H12N4O3/c1-2-3-11-15-12(16-20-11)8-4-5-10-14-9(13(18)19)7-17(10)6-8/h4-7H,2-3H2,1H3,(H,18,19). The van der Waals surface area contributed by atoms with Crippen molar-refractivity contribution in [2.45, 2.75) is 19.8 Å². The first kappa shape index (κ1) is 12.3. The number of nitrogens with zero attached hydrogens (tertiary/aromatic N) is 4. The van der Waals surface area contributed by atoms with E-state index in [1.807, 2.05) is 6.92 Å². The van der Waals surface area contributed by atoms with Crippen LogP contribution in [-0.2, 0) is 6.42 Å². The molecule has 0 saturated carbocycles. The van der Waals surface area contributed by atoms with Gasteiger partial charge in [-0.25, -0.2) is 9.78 Å². The number of carbonyl (C=O) groups is 1. The average molecular weight is 272 g/mol. The van der Waals surface area contributed by atoms with Crippen LogP contribution in [0.4, 0.5) is 0 Å². The summed E-state index contributed by atoms with van der Waals surface area (Å²) in [4.78, 5) is 19.2. The molecule has 0 saturated heterocycles. The zero-order valence-corrected chi connectivity index (χ0v) is 10.8. The SMILES string of the molecule is CCCc1nc(-c2ccc3nc(C(=O)O)cn3c2)no1. The molecule has 0 aliphatic carbocycles. The van der Waals surface area contributed by atoms with E-state index in [2.05, 4.69) is 15.1 Å². The summed E-state index contributed by atoms with van der Waals surface area (Å²) in [6.45, 7) is 2.04. The van der Waals surface area contributed by atoms with E-state index in [-0.39, 0.29) is 5.69 Å². The van der Waals surface area contributed by atoms with Gasteiger partial charge in [0.15, 0.2) is 5.69 Å². The second-order valence-corrected chi connectivity index (χ2v) is 4.38. The van der Waals surface area contributed by atoms with Gasteiger partial charge in [0.2, 0.25) is 11.7 Å². The van der Waals surface area contributed by atoms with Gasteiger partial charge in [-0.3, -0.25) is 0 Å². The third-order valence-corrected chi connectivity index (χ3v) is 2.86. The molecule has 0 fully saturated rings. The van der Waals surface area contributed by atoms with Gasteiger partial charge < -0.3 is 14.0 Å². The Morgan fingerprint density at radius 3 is 2.95 bits per heavy atom. The molecule has 0 spiro atoms. The van der Waals surface area contributed by atoms with E-state index < -0.39 is 5.97 Å². The number of aromatic nitrogens is 4. The van der Waals surface area contributed by atoms with Gasteiger partial charge in [0.05, 0.1) is 0 Å². The molecule has 3 heterocycles. The summed E-state index contributed by atoms with van der Waals surface area (Å²) in [5.41, 5.74) is 1.31. The minimum atomic E-state index is -1.06. The van der Waals surface area contributed by atoms with Gasteiger partial charge in [0.25, 0.3) is 0 Å². The molecule has 1 N–H and O–H groups in total.